The van der Waals surface area contributed by atoms with E-state index in [2.05, 4.69) is 16.3 Å². The molecule has 1 amide bonds. The van der Waals surface area contributed by atoms with Gasteiger partial charge in [0.05, 0.1) is 17.9 Å². The van der Waals surface area contributed by atoms with E-state index in [-0.39, 0.29) is 12.5 Å². The van der Waals surface area contributed by atoms with Crippen molar-refractivity contribution < 1.29 is 4.79 Å². The number of amides is 1. The molecule has 0 aliphatic heterocycles. The molecule has 1 aromatic heterocycles. The average Bonchev–Trinajstić information content (AvgIpc) is 2.75. The summed E-state index contributed by atoms with van der Waals surface area (Å²) in [5.41, 5.74) is 3.54. The van der Waals surface area contributed by atoms with Crippen molar-refractivity contribution in [3.05, 3.63) is 47.3 Å². The largest absolute Gasteiger partial charge is 0.341 e. The van der Waals surface area contributed by atoms with Crippen LogP contribution in [0.1, 0.15) is 21.7 Å². The van der Waals surface area contributed by atoms with E-state index >= 15 is 0 Å². The Kier molecular flexibility index (Phi) is 3.67. The highest BCUT2D eigenvalue weighted by molar-refractivity contribution is 5.94. The molecule has 0 bridgehead atoms. The minimum Gasteiger partial charge on any atom is -0.341 e. The fourth-order valence-electron chi connectivity index (χ4n) is 1.88. The summed E-state index contributed by atoms with van der Waals surface area (Å²) in [5.74, 6) is 2.20. The first-order valence-electron chi connectivity index (χ1n) is 5.97. The molecule has 0 atom stereocenters. The quantitative estimate of drug-likeness (QED) is 0.849. The van der Waals surface area contributed by atoms with E-state index in [9.17, 15) is 4.79 Å². The highest BCUT2D eigenvalue weighted by Gasteiger charge is 2.06. The van der Waals surface area contributed by atoms with Crippen LogP contribution >= 0.6 is 0 Å². The van der Waals surface area contributed by atoms with E-state index in [0.717, 1.165) is 17.1 Å². The SMILES string of the molecule is C#CCNC(=O)c1ccc(-n2nc(C)cc2C)cc1. The molecule has 0 saturated carbocycles. The van der Waals surface area contributed by atoms with E-state index in [1.54, 1.807) is 12.1 Å². The van der Waals surface area contributed by atoms with Crippen molar-refractivity contribution in [3.63, 3.8) is 0 Å². The highest BCUT2D eigenvalue weighted by Crippen LogP contribution is 2.13. The van der Waals surface area contributed by atoms with Crippen molar-refractivity contribution in [1.29, 1.82) is 0 Å². The smallest absolute Gasteiger partial charge is 0.252 e. The number of nitrogens with one attached hydrogen (secondary N) is 1. The second kappa shape index (κ2) is 5.40. The van der Waals surface area contributed by atoms with Gasteiger partial charge in [0.25, 0.3) is 5.91 Å². The maximum absolute atomic E-state index is 11.7. The van der Waals surface area contributed by atoms with Gasteiger partial charge in [-0.05, 0) is 44.2 Å². The molecule has 1 N–H and O–H groups in total. The molecule has 1 heterocycles. The summed E-state index contributed by atoms with van der Waals surface area (Å²) >= 11 is 0. The first-order chi connectivity index (χ1) is 9.11. The third kappa shape index (κ3) is 2.83. The minimum absolute atomic E-state index is 0.169. The van der Waals surface area contributed by atoms with E-state index in [4.69, 9.17) is 6.42 Å². The zero-order valence-corrected chi connectivity index (χ0v) is 11.0. The van der Waals surface area contributed by atoms with Gasteiger partial charge >= 0.3 is 0 Å². The van der Waals surface area contributed by atoms with Crippen LogP contribution in [0.25, 0.3) is 5.69 Å². The number of hydrogen-bond acceptors (Lipinski definition) is 2. The first-order valence-corrected chi connectivity index (χ1v) is 5.97. The van der Waals surface area contributed by atoms with Crippen molar-refractivity contribution in [2.45, 2.75) is 13.8 Å². The summed E-state index contributed by atoms with van der Waals surface area (Å²) in [5, 5.41) is 7.02. The summed E-state index contributed by atoms with van der Waals surface area (Å²) in [7, 11) is 0. The molecular formula is C15H15N3O. The average molecular weight is 253 g/mol. The molecule has 0 fully saturated rings. The van der Waals surface area contributed by atoms with Crippen LogP contribution in [0, 0.1) is 26.2 Å². The molecule has 0 aliphatic carbocycles. The number of aryl methyl sites for hydroxylation is 2. The van der Waals surface area contributed by atoms with Crippen molar-refractivity contribution in [2.24, 2.45) is 0 Å². The number of benzene rings is 1. The maximum Gasteiger partial charge on any atom is 0.252 e. The number of carbonyl (C=O) groups excluding carboxylic acids is 1. The standard InChI is InChI=1S/C15H15N3O/c1-4-9-16-15(19)13-5-7-14(8-6-13)18-12(3)10-11(2)17-18/h1,5-8,10H,9H2,2-3H3,(H,16,19). The van der Waals surface area contributed by atoms with Crippen molar-refractivity contribution in [1.82, 2.24) is 15.1 Å². The van der Waals surface area contributed by atoms with Gasteiger partial charge in [0.15, 0.2) is 0 Å². The Bertz CT molecular complexity index is 632. The number of nitrogens with zero attached hydrogens (tertiary/aromatic N) is 2. The van der Waals surface area contributed by atoms with Crippen LogP contribution < -0.4 is 5.32 Å². The normalized spacial score (nSPS) is 9.95. The van der Waals surface area contributed by atoms with E-state index in [0.29, 0.717) is 5.56 Å². The second-order valence-electron chi connectivity index (χ2n) is 4.27. The zero-order valence-electron chi connectivity index (χ0n) is 11.0. The van der Waals surface area contributed by atoms with Crippen molar-refractivity contribution in [2.75, 3.05) is 6.54 Å². The monoisotopic (exact) mass is 253 g/mol. The van der Waals surface area contributed by atoms with Crippen molar-refractivity contribution >= 4 is 5.91 Å². The molecule has 0 saturated heterocycles. The van der Waals surface area contributed by atoms with Crippen LogP contribution in [-0.2, 0) is 0 Å². The summed E-state index contributed by atoms with van der Waals surface area (Å²) in [6.45, 7) is 4.18. The lowest BCUT2D eigenvalue weighted by molar-refractivity contribution is 0.0958. The van der Waals surface area contributed by atoms with Crippen LogP contribution in [0.5, 0.6) is 0 Å². The summed E-state index contributed by atoms with van der Waals surface area (Å²) in [6, 6.07) is 9.26. The Balaban J connectivity index is 2.22. The molecule has 0 radical (unpaired) electrons. The Morgan fingerprint density at radius 2 is 2.05 bits per heavy atom. The molecular weight excluding hydrogens is 238 g/mol. The van der Waals surface area contributed by atoms with Crippen LogP contribution in [0.4, 0.5) is 0 Å². The number of aromatic nitrogens is 2. The van der Waals surface area contributed by atoms with Crippen LogP contribution in [0.3, 0.4) is 0 Å². The number of carbonyl (C=O) groups is 1. The molecule has 0 spiro atoms. The Hall–Kier alpha value is -2.54. The van der Waals surface area contributed by atoms with E-state index in [1.165, 1.54) is 0 Å². The summed E-state index contributed by atoms with van der Waals surface area (Å²) in [4.78, 5) is 11.7. The second-order valence-corrected chi connectivity index (χ2v) is 4.27. The van der Waals surface area contributed by atoms with Gasteiger partial charge in [-0.15, -0.1) is 6.42 Å². The molecule has 0 aliphatic rings. The molecule has 2 aromatic rings. The Morgan fingerprint density at radius 3 is 2.58 bits per heavy atom. The lowest BCUT2D eigenvalue weighted by atomic mass is 10.2. The summed E-state index contributed by atoms with van der Waals surface area (Å²) < 4.78 is 1.85. The van der Waals surface area contributed by atoms with E-state index in [1.807, 2.05) is 36.7 Å². The van der Waals surface area contributed by atoms with Gasteiger partial charge in [0.1, 0.15) is 0 Å². The van der Waals surface area contributed by atoms with Gasteiger partial charge in [0, 0.05) is 11.3 Å². The van der Waals surface area contributed by atoms with Crippen LogP contribution in [-0.4, -0.2) is 22.2 Å². The molecule has 4 nitrogen and oxygen atoms in total. The van der Waals surface area contributed by atoms with Gasteiger partial charge < -0.3 is 5.32 Å². The predicted molar refractivity (Wildman–Crippen MR) is 74.2 cm³/mol. The highest BCUT2D eigenvalue weighted by atomic mass is 16.1. The van der Waals surface area contributed by atoms with Gasteiger partial charge in [-0.1, -0.05) is 5.92 Å². The first kappa shape index (κ1) is 12.9. The van der Waals surface area contributed by atoms with Crippen LogP contribution in [0.15, 0.2) is 30.3 Å². The minimum atomic E-state index is -0.169. The molecule has 2 rings (SSSR count). The number of rotatable bonds is 3. The third-order valence-corrected chi connectivity index (χ3v) is 2.73. The lowest BCUT2D eigenvalue weighted by Gasteiger charge is -2.06. The van der Waals surface area contributed by atoms with Gasteiger partial charge in [-0.3, -0.25) is 4.79 Å². The molecule has 96 valence electrons. The number of hydrogen-bond donors (Lipinski definition) is 1. The molecule has 4 heteroatoms. The topological polar surface area (TPSA) is 46.9 Å². The predicted octanol–water partition coefficient (Wildman–Crippen LogP) is 1.85. The fourth-order valence-corrected chi connectivity index (χ4v) is 1.88. The molecule has 1 aromatic carbocycles. The van der Waals surface area contributed by atoms with Gasteiger partial charge in [0.2, 0.25) is 0 Å². The van der Waals surface area contributed by atoms with Crippen molar-refractivity contribution in [3.8, 4) is 18.0 Å². The summed E-state index contributed by atoms with van der Waals surface area (Å²) in [6.07, 6.45) is 5.10. The van der Waals surface area contributed by atoms with Gasteiger partial charge in [-0.25, -0.2) is 4.68 Å². The zero-order chi connectivity index (χ0) is 13.8. The fraction of sp³-hybridized carbons (Fsp3) is 0.200. The maximum atomic E-state index is 11.7. The Labute approximate surface area is 112 Å². The van der Waals surface area contributed by atoms with Crippen LogP contribution in [0.2, 0.25) is 0 Å². The lowest BCUT2D eigenvalue weighted by Crippen LogP contribution is -2.23. The molecule has 0 unspecified atom stereocenters. The third-order valence-electron chi connectivity index (χ3n) is 2.73. The van der Waals surface area contributed by atoms with Gasteiger partial charge in [-0.2, -0.15) is 5.10 Å². The molecule has 19 heavy (non-hydrogen) atoms. The Morgan fingerprint density at radius 1 is 1.37 bits per heavy atom. The number of terminal acetylenes is 1. The van der Waals surface area contributed by atoms with E-state index < -0.39 is 0 Å².